The van der Waals surface area contributed by atoms with Gasteiger partial charge in [0.2, 0.25) is 11.8 Å². The van der Waals surface area contributed by atoms with Gasteiger partial charge in [-0.3, -0.25) is 9.59 Å². The quantitative estimate of drug-likeness (QED) is 0.210. The van der Waals surface area contributed by atoms with Crippen LogP contribution in [-0.2, 0) is 9.53 Å². The fraction of sp³-hybridized carbons (Fsp3) is 0.567. The van der Waals surface area contributed by atoms with Crippen LogP contribution < -0.4 is 27.4 Å². The monoisotopic (exact) mass is 573 g/mol. The lowest BCUT2D eigenvalue weighted by atomic mass is 10.0. The molecule has 222 valence electrons. The Morgan fingerprint density at radius 3 is 2.33 bits per heavy atom. The topological polar surface area (TPSA) is 149 Å². The first-order chi connectivity index (χ1) is 18.9. The van der Waals surface area contributed by atoms with Gasteiger partial charge in [-0.05, 0) is 50.1 Å². The molecule has 2 aliphatic heterocycles. The molecular formula is C30H47N5O4S. The van der Waals surface area contributed by atoms with E-state index in [0.29, 0.717) is 42.2 Å². The lowest BCUT2D eigenvalue weighted by molar-refractivity contribution is -0.122. The van der Waals surface area contributed by atoms with Crippen molar-refractivity contribution in [3.63, 3.8) is 0 Å². The van der Waals surface area contributed by atoms with Crippen molar-refractivity contribution in [2.45, 2.75) is 78.0 Å². The number of carbonyl (C=O) groups excluding carboxylic acids is 3. The maximum absolute atomic E-state index is 11.5. The maximum Gasteiger partial charge on any atom is 0.315 e. The minimum Gasteiger partial charge on any atom is -0.398 e. The molecule has 2 heterocycles. The molecule has 40 heavy (non-hydrogen) atoms. The van der Waals surface area contributed by atoms with E-state index in [-0.39, 0.29) is 17.5 Å². The van der Waals surface area contributed by atoms with Gasteiger partial charge in [-0.25, -0.2) is 4.79 Å². The van der Waals surface area contributed by atoms with Crippen molar-refractivity contribution in [2.75, 3.05) is 30.4 Å². The van der Waals surface area contributed by atoms with Crippen LogP contribution in [0.25, 0.3) is 10.8 Å². The van der Waals surface area contributed by atoms with Gasteiger partial charge >= 0.3 is 6.03 Å². The number of carbonyl (C=O) groups is 3. The summed E-state index contributed by atoms with van der Waals surface area (Å²) in [4.78, 5) is 33.2. The van der Waals surface area contributed by atoms with Gasteiger partial charge in [-0.1, -0.05) is 51.5 Å². The van der Waals surface area contributed by atoms with E-state index in [9.17, 15) is 14.4 Å². The predicted molar refractivity (Wildman–Crippen MR) is 165 cm³/mol. The third-order valence-corrected chi connectivity index (χ3v) is 7.78. The standard InChI is InChI=1S/C14H29NO2.C11H10N2O.C5H8N2OS/c1-6-7-8-13(16)15-11-14(4,5)17-10-9-12(2)3;12-10-6-2-3-7-8(10)4-1-5-9(7)11(13)14;8-5-6-3-1-9-2-4(3)7-5/h12H,6-11H2,1-5H3,(H,15,16);1-6H,12H2,(H2,13,14);3-4H,1-2H2,(H2,6,7,8). The average molecular weight is 574 g/mol. The molecule has 2 saturated heterocycles. The van der Waals surface area contributed by atoms with Crippen LogP contribution in [0.15, 0.2) is 36.4 Å². The van der Waals surface area contributed by atoms with Crippen LogP contribution in [0.4, 0.5) is 10.5 Å². The number of rotatable bonds is 10. The van der Waals surface area contributed by atoms with Crippen molar-refractivity contribution in [1.82, 2.24) is 16.0 Å². The highest BCUT2D eigenvalue weighted by molar-refractivity contribution is 7.99. The number of hydrogen-bond donors (Lipinski definition) is 5. The Morgan fingerprint density at radius 2 is 1.73 bits per heavy atom. The van der Waals surface area contributed by atoms with Crippen LogP contribution in [-0.4, -0.2) is 60.2 Å². The highest BCUT2D eigenvalue weighted by Gasteiger charge is 2.35. The number of unbranched alkanes of at least 4 members (excludes halogenated alkanes) is 1. The summed E-state index contributed by atoms with van der Waals surface area (Å²) in [6, 6.07) is 11.6. The fourth-order valence-corrected chi connectivity index (χ4v) is 5.40. The van der Waals surface area contributed by atoms with Crippen LogP contribution in [0.2, 0.25) is 0 Å². The van der Waals surface area contributed by atoms with Gasteiger partial charge in [0, 0.05) is 47.7 Å². The Kier molecular flexibility index (Phi) is 13.6. The van der Waals surface area contributed by atoms with Gasteiger partial charge < -0.3 is 32.2 Å². The van der Waals surface area contributed by atoms with Crippen molar-refractivity contribution in [1.29, 1.82) is 0 Å². The zero-order chi connectivity index (χ0) is 29.7. The van der Waals surface area contributed by atoms with Gasteiger partial charge in [0.1, 0.15) is 0 Å². The summed E-state index contributed by atoms with van der Waals surface area (Å²) in [6.45, 7) is 11.8. The van der Waals surface area contributed by atoms with Crippen molar-refractivity contribution >= 4 is 46.1 Å². The number of primary amides is 1. The zero-order valence-electron chi connectivity index (χ0n) is 24.5. The maximum atomic E-state index is 11.5. The molecule has 10 heteroatoms. The molecule has 2 unspecified atom stereocenters. The Hall–Kier alpha value is -2.98. The molecular weight excluding hydrogens is 526 g/mol. The van der Waals surface area contributed by atoms with Crippen LogP contribution >= 0.6 is 11.8 Å². The Morgan fingerprint density at radius 1 is 1.10 bits per heavy atom. The molecule has 7 N–H and O–H groups in total. The second kappa shape index (κ2) is 16.3. The Balaban J connectivity index is 0.000000218. The first-order valence-electron chi connectivity index (χ1n) is 14.1. The van der Waals surface area contributed by atoms with Crippen molar-refractivity contribution in [3.05, 3.63) is 42.0 Å². The largest absolute Gasteiger partial charge is 0.398 e. The van der Waals surface area contributed by atoms with E-state index in [4.69, 9.17) is 16.2 Å². The summed E-state index contributed by atoms with van der Waals surface area (Å²) < 4.78 is 5.78. The third-order valence-electron chi connectivity index (χ3n) is 6.59. The first kappa shape index (κ1) is 33.2. The molecule has 9 nitrogen and oxygen atoms in total. The van der Waals surface area contributed by atoms with E-state index >= 15 is 0 Å². The minimum absolute atomic E-state index is 0.00491. The Labute approximate surface area is 242 Å². The number of ether oxygens (including phenoxy) is 1. The Bertz CT molecular complexity index is 1110. The van der Waals surface area contributed by atoms with Crippen LogP contribution in [0.5, 0.6) is 0 Å². The fourth-order valence-electron chi connectivity index (χ4n) is 4.13. The van der Waals surface area contributed by atoms with Crippen molar-refractivity contribution < 1.29 is 19.1 Å². The number of fused-ring (bicyclic) bond motifs is 2. The summed E-state index contributed by atoms with van der Waals surface area (Å²) in [5.74, 6) is 2.51. The number of anilines is 1. The lowest BCUT2D eigenvalue weighted by Crippen LogP contribution is -2.40. The molecule has 0 aromatic heterocycles. The first-order valence-corrected chi connectivity index (χ1v) is 15.2. The summed E-state index contributed by atoms with van der Waals surface area (Å²) in [5.41, 5.74) is 11.9. The number of nitrogens with one attached hydrogen (secondary N) is 3. The number of benzene rings is 2. The highest BCUT2D eigenvalue weighted by atomic mass is 32.2. The minimum atomic E-state index is -0.429. The predicted octanol–water partition coefficient (Wildman–Crippen LogP) is 4.44. The average Bonchev–Trinajstić information content (AvgIpc) is 3.47. The van der Waals surface area contributed by atoms with Gasteiger partial charge in [0.25, 0.3) is 0 Å². The number of hydrogen-bond acceptors (Lipinski definition) is 6. The van der Waals surface area contributed by atoms with E-state index in [0.717, 1.165) is 48.1 Å². The van der Waals surface area contributed by atoms with Crippen LogP contribution in [0.1, 0.15) is 70.7 Å². The molecule has 0 spiro atoms. The van der Waals surface area contributed by atoms with E-state index in [1.807, 2.05) is 43.8 Å². The molecule has 4 amide bonds. The number of amides is 4. The highest BCUT2D eigenvalue weighted by Crippen LogP contribution is 2.23. The molecule has 2 aliphatic rings. The van der Waals surface area contributed by atoms with Gasteiger partial charge in [-0.2, -0.15) is 11.8 Å². The number of thioether (sulfide) groups is 1. The summed E-state index contributed by atoms with van der Waals surface area (Å²) in [6.07, 6.45) is 3.70. The third kappa shape index (κ3) is 11.3. The molecule has 0 saturated carbocycles. The molecule has 0 radical (unpaired) electrons. The number of nitrogen functional groups attached to an aromatic ring is 1. The molecule has 4 rings (SSSR count). The van der Waals surface area contributed by atoms with E-state index in [2.05, 4.69) is 36.7 Å². The van der Waals surface area contributed by atoms with Crippen molar-refractivity contribution in [3.8, 4) is 0 Å². The molecule has 2 aromatic rings. The van der Waals surface area contributed by atoms with E-state index in [1.165, 1.54) is 0 Å². The van der Waals surface area contributed by atoms with Crippen LogP contribution in [0.3, 0.4) is 0 Å². The second-order valence-corrected chi connectivity index (χ2v) is 12.2. The number of urea groups is 1. The molecule has 2 fully saturated rings. The smallest absolute Gasteiger partial charge is 0.315 e. The molecule has 0 bridgehead atoms. The van der Waals surface area contributed by atoms with E-state index < -0.39 is 5.91 Å². The lowest BCUT2D eigenvalue weighted by Gasteiger charge is -2.26. The van der Waals surface area contributed by atoms with Gasteiger partial charge in [-0.15, -0.1) is 0 Å². The molecule has 2 aromatic carbocycles. The second-order valence-electron chi connectivity index (χ2n) is 11.2. The van der Waals surface area contributed by atoms with E-state index in [1.54, 1.807) is 18.2 Å². The number of nitrogens with two attached hydrogens (primary N) is 2. The SMILES string of the molecule is CCCCC(=O)NCC(C)(C)OCCC(C)C.NC(=O)c1cccc2c(N)cccc12.O=C1NC2CSCC2N1. The van der Waals surface area contributed by atoms with Crippen molar-refractivity contribution in [2.24, 2.45) is 11.7 Å². The molecule has 0 aliphatic carbocycles. The zero-order valence-corrected chi connectivity index (χ0v) is 25.4. The van der Waals surface area contributed by atoms with Gasteiger partial charge in [0.05, 0.1) is 17.7 Å². The summed E-state index contributed by atoms with van der Waals surface area (Å²) >= 11 is 1.89. The normalized spacial score (nSPS) is 17.6. The summed E-state index contributed by atoms with van der Waals surface area (Å²) in [7, 11) is 0. The summed E-state index contributed by atoms with van der Waals surface area (Å²) in [5, 5.41) is 10.3. The van der Waals surface area contributed by atoms with Gasteiger partial charge in [0.15, 0.2) is 0 Å². The van der Waals surface area contributed by atoms with Crippen LogP contribution in [0, 0.1) is 5.92 Å². The molecule has 2 atom stereocenters.